The highest BCUT2D eigenvalue weighted by Crippen LogP contribution is 2.20. The van der Waals surface area contributed by atoms with Crippen LogP contribution in [0.15, 0.2) is 48.7 Å². The van der Waals surface area contributed by atoms with Gasteiger partial charge in [0.1, 0.15) is 11.8 Å². The molecule has 0 aliphatic carbocycles. The number of hydrogen-bond acceptors (Lipinski definition) is 4. The van der Waals surface area contributed by atoms with Crippen molar-refractivity contribution in [3.05, 3.63) is 54.2 Å². The Labute approximate surface area is 126 Å². The van der Waals surface area contributed by atoms with Crippen LogP contribution in [-0.4, -0.2) is 22.7 Å². The lowest BCUT2D eigenvalue weighted by molar-refractivity contribution is 0.102. The summed E-state index contributed by atoms with van der Waals surface area (Å²) in [7, 11) is 0. The number of aromatic nitrogens is 2. The van der Waals surface area contributed by atoms with Crippen LogP contribution in [0.4, 0.5) is 5.69 Å². The summed E-state index contributed by atoms with van der Waals surface area (Å²) in [6, 6.07) is 14.2. The fourth-order valence-electron chi connectivity index (χ4n) is 2.14. The number of benzene rings is 2. The molecule has 6 nitrogen and oxygen atoms in total. The van der Waals surface area contributed by atoms with Crippen LogP contribution in [0.1, 0.15) is 10.4 Å². The van der Waals surface area contributed by atoms with E-state index in [1.807, 2.05) is 12.1 Å². The van der Waals surface area contributed by atoms with Crippen LogP contribution in [0.5, 0.6) is 5.75 Å². The number of aromatic amines is 1. The Morgan fingerprint density at radius 2 is 2.18 bits per heavy atom. The van der Waals surface area contributed by atoms with Crippen molar-refractivity contribution >= 4 is 22.5 Å². The summed E-state index contributed by atoms with van der Waals surface area (Å²) >= 11 is 0. The van der Waals surface area contributed by atoms with Crippen molar-refractivity contribution in [3.63, 3.8) is 0 Å². The summed E-state index contributed by atoms with van der Waals surface area (Å²) in [5.74, 6) is 0.284. The first kappa shape index (κ1) is 13.6. The van der Waals surface area contributed by atoms with E-state index in [0.29, 0.717) is 22.5 Å². The number of carbonyl (C=O) groups excluding carboxylic acids is 1. The zero-order valence-corrected chi connectivity index (χ0v) is 11.5. The number of amides is 1. The predicted molar refractivity (Wildman–Crippen MR) is 81.6 cm³/mol. The lowest BCUT2D eigenvalue weighted by atomic mass is 10.1. The number of hydrogen-bond donors (Lipinski definition) is 2. The molecule has 0 radical (unpaired) electrons. The SMILES string of the molecule is N#CCOc1cccc(NC(=O)c2cccc3cn[nH]c23)c1. The number of carbonyl (C=O) groups is 1. The third-order valence-electron chi connectivity index (χ3n) is 3.12. The maximum Gasteiger partial charge on any atom is 0.257 e. The first-order valence-electron chi connectivity index (χ1n) is 6.61. The zero-order valence-electron chi connectivity index (χ0n) is 11.5. The molecule has 0 saturated carbocycles. The van der Waals surface area contributed by atoms with Gasteiger partial charge in [-0.15, -0.1) is 0 Å². The summed E-state index contributed by atoms with van der Waals surface area (Å²) in [5, 5.41) is 19.0. The van der Waals surface area contributed by atoms with Crippen LogP contribution < -0.4 is 10.1 Å². The second-order valence-corrected chi connectivity index (χ2v) is 4.57. The Kier molecular flexibility index (Phi) is 3.70. The van der Waals surface area contributed by atoms with Crippen LogP contribution in [0.3, 0.4) is 0 Å². The van der Waals surface area contributed by atoms with Gasteiger partial charge in [0.25, 0.3) is 5.91 Å². The molecule has 2 aromatic carbocycles. The number of nitriles is 1. The number of ether oxygens (including phenoxy) is 1. The molecular weight excluding hydrogens is 280 g/mol. The summed E-state index contributed by atoms with van der Waals surface area (Å²) in [4.78, 5) is 12.4. The second kappa shape index (κ2) is 5.97. The van der Waals surface area contributed by atoms with Crippen LogP contribution >= 0.6 is 0 Å². The lowest BCUT2D eigenvalue weighted by Gasteiger charge is -2.08. The topological polar surface area (TPSA) is 90.8 Å². The fraction of sp³-hybridized carbons (Fsp3) is 0.0625. The number of para-hydroxylation sites is 1. The minimum absolute atomic E-state index is 0.0369. The summed E-state index contributed by atoms with van der Waals surface area (Å²) in [5.41, 5.74) is 1.80. The van der Waals surface area contributed by atoms with Crippen molar-refractivity contribution in [1.29, 1.82) is 5.26 Å². The molecule has 1 amide bonds. The highest BCUT2D eigenvalue weighted by atomic mass is 16.5. The summed E-state index contributed by atoms with van der Waals surface area (Å²) in [6.45, 7) is -0.0369. The number of nitrogens with zero attached hydrogens (tertiary/aromatic N) is 2. The number of anilines is 1. The molecule has 0 atom stereocenters. The molecule has 0 spiro atoms. The van der Waals surface area contributed by atoms with Gasteiger partial charge in [-0.1, -0.05) is 18.2 Å². The molecule has 3 rings (SSSR count). The average Bonchev–Trinajstić information content (AvgIpc) is 3.01. The summed E-state index contributed by atoms with van der Waals surface area (Å²) < 4.78 is 5.21. The van der Waals surface area contributed by atoms with E-state index in [9.17, 15) is 4.79 Å². The van der Waals surface area contributed by atoms with E-state index in [1.165, 1.54) is 0 Å². The van der Waals surface area contributed by atoms with Gasteiger partial charge in [0.15, 0.2) is 6.61 Å². The standard InChI is InChI=1S/C16H12N4O2/c17-7-8-22-13-5-2-4-12(9-13)19-16(21)14-6-1-3-11-10-18-20-15(11)14/h1-6,9-10H,8H2,(H,18,20)(H,19,21). The van der Waals surface area contributed by atoms with Crippen molar-refractivity contribution in [2.24, 2.45) is 0 Å². The maximum absolute atomic E-state index is 12.4. The molecule has 0 unspecified atom stereocenters. The van der Waals surface area contributed by atoms with Gasteiger partial charge < -0.3 is 10.1 Å². The average molecular weight is 292 g/mol. The van der Waals surface area contributed by atoms with Crippen LogP contribution in [-0.2, 0) is 0 Å². The molecule has 6 heteroatoms. The Bertz CT molecular complexity index is 864. The first-order valence-corrected chi connectivity index (χ1v) is 6.61. The smallest absolute Gasteiger partial charge is 0.257 e. The van der Waals surface area contributed by atoms with Crippen LogP contribution in [0.2, 0.25) is 0 Å². The normalized spacial score (nSPS) is 10.1. The van der Waals surface area contributed by atoms with E-state index in [4.69, 9.17) is 10.00 Å². The lowest BCUT2D eigenvalue weighted by Crippen LogP contribution is -2.12. The molecule has 0 saturated heterocycles. The van der Waals surface area contributed by atoms with Gasteiger partial charge in [-0.05, 0) is 18.2 Å². The van der Waals surface area contributed by atoms with E-state index in [1.54, 1.807) is 42.6 Å². The van der Waals surface area contributed by atoms with Crippen molar-refractivity contribution in [3.8, 4) is 11.8 Å². The Morgan fingerprint density at radius 1 is 1.32 bits per heavy atom. The van der Waals surface area contributed by atoms with E-state index < -0.39 is 0 Å². The minimum Gasteiger partial charge on any atom is -0.479 e. The van der Waals surface area contributed by atoms with E-state index in [0.717, 1.165) is 5.39 Å². The molecule has 1 heterocycles. The van der Waals surface area contributed by atoms with E-state index in [2.05, 4.69) is 15.5 Å². The number of fused-ring (bicyclic) bond motifs is 1. The van der Waals surface area contributed by atoms with Gasteiger partial charge in [0.2, 0.25) is 0 Å². The largest absolute Gasteiger partial charge is 0.479 e. The Hall–Kier alpha value is -3.33. The molecule has 2 N–H and O–H groups in total. The zero-order chi connectivity index (χ0) is 15.4. The van der Waals surface area contributed by atoms with Crippen LogP contribution in [0, 0.1) is 11.3 Å². The number of nitrogens with one attached hydrogen (secondary N) is 2. The van der Waals surface area contributed by atoms with Crippen molar-refractivity contribution < 1.29 is 9.53 Å². The van der Waals surface area contributed by atoms with Gasteiger partial charge in [-0.2, -0.15) is 10.4 Å². The molecule has 0 fully saturated rings. The van der Waals surface area contributed by atoms with Crippen molar-refractivity contribution in [2.75, 3.05) is 11.9 Å². The molecule has 0 bridgehead atoms. The molecule has 0 aliphatic rings. The van der Waals surface area contributed by atoms with Crippen molar-refractivity contribution in [2.45, 2.75) is 0 Å². The monoisotopic (exact) mass is 292 g/mol. The first-order chi connectivity index (χ1) is 10.8. The number of H-pyrrole nitrogens is 1. The molecule has 108 valence electrons. The van der Waals surface area contributed by atoms with Crippen molar-refractivity contribution in [1.82, 2.24) is 10.2 Å². The Morgan fingerprint density at radius 3 is 3.05 bits per heavy atom. The van der Waals surface area contributed by atoms with Gasteiger partial charge in [-0.25, -0.2) is 0 Å². The predicted octanol–water partition coefficient (Wildman–Crippen LogP) is 2.72. The molecule has 22 heavy (non-hydrogen) atoms. The minimum atomic E-state index is -0.243. The molecule has 3 aromatic rings. The summed E-state index contributed by atoms with van der Waals surface area (Å²) in [6.07, 6.45) is 1.67. The fourth-order valence-corrected chi connectivity index (χ4v) is 2.14. The third-order valence-corrected chi connectivity index (χ3v) is 3.12. The van der Waals surface area contributed by atoms with E-state index >= 15 is 0 Å². The van der Waals surface area contributed by atoms with E-state index in [-0.39, 0.29) is 12.5 Å². The van der Waals surface area contributed by atoms with Crippen LogP contribution in [0.25, 0.3) is 10.9 Å². The third kappa shape index (κ3) is 2.74. The van der Waals surface area contributed by atoms with Gasteiger partial charge >= 0.3 is 0 Å². The quantitative estimate of drug-likeness (QED) is 0.773. The maximum atomic E-state index is 12.4. The molecule has 1 aromatic heterocycles. The molecular formula is C16H12N4O2. The van der Waals surface area contributed by atoms with Gasteiger partial charge in [0, 0.05) is 17.1 Å². The second-order valence-electron chi connectivity index (χ2n) is 4.57. The Balaban J connectivity index is 1.82. The van der Waals surface area contributed by atoms with Gasteiger partial charge in [0.05, 0.1) is 17.3 Å². The van der Waals surface area contributed by atoms with Gasteiger partial charge in [-0.3, -0.25) is 9.89 Å². The highest BCUT2D eigenvalue weighted by Gasteiger charge is 2.11. The number of rotatable bonds is 4. The highest BCUT2D eigenvalue weighted by molar-refractivity contribution is 6.11. The molecule has 0 aliphatic heterocycles.